The van der Waals surface area contributed by atoms with Gasteiger partial charge in [-0.05, 0) is 60.1 Å². The third-order valence-corrected chi connectivity index (χ3v) is 3.69. The predicted octanol–water partition coefficient (Wildman–Crippen LogP) is 5.19. The van der Waals surface area contributed by atoms with Gasteiger partial charge < -0.3 is 10.1 Å². The summed E-state index contributed by atoms with van der Waals surface area (Å²) in [5.41, 5.74) is 2.29. The summed E-state index contributed by atoms with van der Waals surface area (Å²) in [5, 5.41) is 3.38. The molecule has 0 fully saturated rings. The Bertz CT molecular complexity index is 616. The van der Waals surface area contributed by atoms with Gasteiger partial charge in [-0.25, -0.2) is 4.39 Å². The second kappa shape index (κ2) is 7.57. The molecule has 0 atom stereocenters. The minimum atomic E-state index is -0.289. The Hall–Kier alpha value is -1.39. The first-order valence-electron chi connectivity index (χ1n) is 7.03. The Balaban J connectivity index is 2.22. The fourth-order valence-corrected chi connectivity index (χ4v) is 2.45. The summed E-state index contributed by atoms with van der Waals surface area (Å²) < 4.78 is 19.7. The van der Waals surface area contributed by atoms with Crippen LogP contribution in [0.1, 0.15) is 24.5 Å². The number of halogens is 2. The van der Waals surface area contributed by atoms with E-state index in [2.05, 4.69) is 41.2 Å². The summed E-state index contributed by atoms with van der Waals surface area (Å²) in [6, 6.07) is 10.5. The van der Waals surface area contributed by atoms with Crippen LogP contribution in [0.2, 0.25) is 0 Å². The van der Waals surface area contributed by atoms with Gasteiger partial charge in [0.05, 0.1) is 4.47 Å². The van der Waals surface area contributed by atoms with Gasteiger partial charge in [-0.15, -0.1) is 0 Å². The van der Waals surface area contributed by atoms with Crippen LogP contribution >= 0.6 is 15.9 Å². The molecule has 0 aromatic heterocycles. The molecular formula is C17H19BrFNO. The van der Waals surface area contributed by atoms with Crippen molar-refractivity contribution in [2.45, 2.75) is 26.8 Å². The molecule has 2 nitrogen and oxygen atoms in total. The predicted molar refractivity (Wildman–Crippen MR) is 87.4 cm³/mol. The molecule has 2 aromatic rings. The molecule has 0 heterocycles. The number of hydrogen-bond donors (Lipinski definition) is 1. The topological polar surface area (TPSA) is 21.3 Å². The lowest BCUT2D eigenvalue weighted by Crippen LogP contribution is -2.14. The third-order valence-electron chi connectivity index (χ3n) is 3.07. The van der Waals surface area contributed by atoms with Crippen LogP contribution in [0.4, 0.5) is 4.39 Å². The van der Waals surface area contributed by atoms with Gasteiger partial charge in [0.15, 0.2) is 0 Å². The Morgan fingerprint density at radius 3 is 2.62 bits per heavy atom. The second-order valence-electron chi connectivity index (χ2n) is 4.96. The summed E-state index contributed by atoms with van der Waals surface area (Å²) in [6.07, 6.45) is 1.09. The van der Waals surface area contributed by atoms with Crippen LogP contribution in [-0.2, 0) is 6.54 Å². The molecule has 2 aromatic carbocycles. The van der Waals surface area contributed by atoms with Crippen LogP contribution in [0.5, 0.6) is 11.5 Å². The van der Waals surface area contributed by atoms with Gasteiger partial charge in [0.25, 0.3) is 0 Å². The molecule has 0 radical (unpaired) electrons. The van der Waals surface area contributed by atoms with Crippen molar-refractivity contribution in [3.05, 3.63) is 57.8 Å². The zero-order valence-electron chi connectivity index (χ0n) is 12.2. The zero-order valence-corrected chi connectivity index (χ0v) is 13.8. The molecule has 0 saturated heterocycles. The van der Waals surface area contributed by atoms with E-state index in [1.807, 2.05) is 12.1 Å². The van der Waals surface area contributed by atoms with Crippen molar-refractivity contribution in [2.24, 2.45) is 0 Å². The van der Waals surface area contributed by atoms with Crippen LogP contribution < -0.4 is 10.1 Å². The first-order chi connectivity index (χ1) is 10.1. The minimum absolute atomic E-state index is 0.289. The van der Waals surface area contributed by atoms with Gasteiger partial charge in [0.1, 0.15) is 17.3 Å². The van der Waals surface area contributed by atoms with Crippen molar-refractivity contribution in [3.8, 4) is 11.5 Å². The molecular weight excluding hydrogens is 333 g/mol. The van der Waals surface area contributed by atoms with Crippen molar-refractivity contribution in [2.75, 3.05) is 6.54 Å². The Kier molecular flexibility index (Phi) is 5.76. The van der Waals surface area contributed by atoms with Gasteiger partial charge in [-0.1, -0.05) is 24.6 Å². The molecule has 2 rings (SSSR count). The van der Waals surface area contributed by atoms with Gasteiger partial charge >= 0.3 is 0 Å². The van der Waals surface area contributed by atoms with Crippen molar-refractivity contribution >= 4 is 15.9 Å². The molecule has 0 spiro atoms. The quantitative estimate of drug-likeness (QED) is 0.723. The highest BCUT2D eigenvalue weighted by Crippen LogP contribution is 2.32. The first kappa shape index (κ1) is 16.0. The minimum Gasteiger partial charge on any atom is -0.456 e. The van der Waals surface area contributed by atoms with E-state index < -0.39 is 0 Å². The lowest BCUT2D eigenvalue weighted by atomic mass is 10.1. The maximum absolute atomic E-state index is 13.1. The van der Waals surface area contributed by atoms with Gasteiger partial charge in [0, 0.05) is 12.1 Å². The van der Waals surface area contributed by atoms with Crippen LogP contribution in [0.15, 0.2) is 40.9 Å². The van der Waals surface area contributed by atoms with Crippen LogP contribution in [0, 0.1) is 12.7 Å². The maximum atomic E-state index is 13.1. The highest BCUT2D eigenvalue weighted by molar-refractivity contribution is 9.10. The van der Waals surface area contributed by atoms with Crippen LogP contribution in [0.25, 0.3) is 0 Å². The lowest BCUT2D eigenvalue weighted by Gasteiger charge is -2.14. The molecule has 0 aliphatic carbocycles. The smallest absolute Gasteiger partial charge is 0.141 e. The fraction of sp³-hybridized carbons (Fsp3) is 0.294. The summed E-state index contributed by atoms with van der Waals surface area (Å²) in [5.74, 6) is 1.11. The highest BCUT2D eigenvalue weighted by atomic mass is 79.9. The molecule has 0 aliphatic heterocycles. The molecule has 0 aliphatic rings. The largest absolute Gasteiger partial charge is 0.456 e. The summed E-state index contributed by atoms with van der Waals surface area (Å²) in [7, 11) is 0. The fourth-order valence-electron chi connectivity index (χ4n) is 2.02. The van der Waals surface area contributed by atoms with Crippen molar-refractivity contribution in [3.63, 3.8) is 0 Å². The third kappa shape index (κ3) is 4.55. The number of aryl methyl sites for hydroxylation is 1. The van der Waals surface area contributed by atoms with Gasteiger partial charge in [0.2, 0.25) is 0 Å². The summed E-state index contributed by atoms with van der Waals surface area (Å²) in [4.78, 5) is 0. The molecule has 1 N–H and O–H groups in total. The number of ether oxygens (including phenoxy) is 1. The van der Waals surface area contributed by atoms with E-state index in [1.165, 1.54) is 17.7 Å². The monoisotopic (exact) mass is 351 g/mol. The molecule has 4 heteroatoms. The van der Waals surface area contributed by atoms with Gasteiger partial charge in [-0.3, -0.25) is 0 Å². The molecule has 0 unspecified atom stereocenters. The Labute approximate surface area is 133 Å². The normalized spacial score (nSPS) is 10.7. The average molecular weight is 352 g/mol. The van der Waals surface area contributed by atoms with Crippen molar-refractivity contribution in [1.29, 1.82) is 0 Å². The first-order valence-corrected chi connectivity index (χ1v) is 7.82. The maximum Gasteiger partial charge on any atom is 0.141 e. The highest BCUT2D eigenvalue weighted by Gasteiger charge is 2.08. The molecule has 112 valence electrons. The summed E-state index contributed by atoms with van der Waals surface area (Å²) >= 11 is 3.33. The van der Waals surface area contributed by atoms with E-state index in [-0.39, 0.29) is 5.82 Å². The second-order valence-corrected chi connectivity index (χ2v) is 5.82. The van der Waals surface area contributed by atoms with Crippen LogP contribution in [0.3, 0.4) is 0 Å². The molecule has 0 bridgehead atoms. The van der Waals surface area contributed by atoms with E-state index in [9.17, 15) is 4.39 Å². The van der Waals surface area contributed by atoms with E-state index in [0.717, 1.165) is 30.8 Å². The van der Waals surface area contributed by atoms with Gasteiger partial charge in [-0.2, -0.15) is 0 Å². The number of nitrogens with one attached hydrogen (secondary N) is 1. The number of rotatable bonds is 6. The van der Waals surface area contributed by atoms with E-state index in [4.69, 9.17) is 4.74 Å². The standard InChI is InChI=1S/C17H19BrFNO/c1-3-8-20-11-13-9-12(2)4-6-16(13)21-17-7-5-14(19)10-15(17)18/h4-7,9-10,20H,3,8,11H2,1-2H3. The number of benzene rings is 2. The Morgan fingerprint density at radius 1 is 1.14 bits per heavy atom. The van der Waals surface area contributed by atoms with Crippen molar-refractivity contribution < 1.29 is 9.13 Å². The summed E-state index contributed by atoms with van der Waals surface area (Å²) in [6.45, 7) is 5.91. The molecule has 0 amide bonds. The van der Waals surface area contributed by atoms with Crippen molar-refractivity contribution in [1.82, 2.24) is 5.32 Å². The van der Waals surface area contributed by atoms with E-state index in [0.29, 0.717) is 10.2 Å². The SMILES string of the molecule is CCCNCc1cc(C)ccc1Oc1ccc(F)cc1Br. The molecule has 21 heavy (non-hydrogen) atoms. The molecule has 0 saturated carbocycles. The zero-order chi connectivity index (χ0) is 15.2. The van der Waals surface area contributed by atoms with E-state index in [1.54, 1.807) is 6.07 Å². The number of hydrogen-bond acceptors (Lipinski definition) is 2. The van der Waals surface area contributed by atoms with Crippen LogP contribution in [-0.4, -0.2) is 6.54 Å². The Morgan fingerprint density at radius 2 is 1.90 bits per heavy atom. The van der Waals surface area contributed by atoms with E-state index >= 15 is 0 Å². The lowest BCUT2D eigenvalue weighted by molar-refractivity contribution is 0.467. The average Bonchev–Trinajstić information content (AvgIpc) is 2.44.